The average Bonchev–Trinajstić information content (AvgIpc) is 2.49. The van der Waals surface area contributed by atoms with E-state index in [1.165, 1.54) is 11.1 Å². The van der Waals surface area contributed by atoms with Gasteiger partial charge in [0.25, 0.3) is 0 Å². The molecule has 0 radical (unpaired) electrons. The van der Waals surface area contributed by atoms with Gasteiger partial charge in [0.15, 0.2) is 11.5 Å². The van der Waals surface area contributed by atoms with Crippen LogP contribution in [0.2, 0.25) is 0 Å². The van der Waals surface area contributed by atoms with Gasteiger partial charge in [0.05, 0.1) is 12.6 Å². The molecule has 0 aliphatic heterocycles. The molecule has 2 N–H and O–H groups in total. The molecular formula is C18H23NO2. The van der Waals surface area contributed by atoms with E-state index < -0.39 is 0 Å². The highest BCUT2D eigenvalue weighted by Crippen LogP contribution is 2.27. The third-order valence-corrected chi connectivity index (χ3v) is 3.40. The molecule has 0 aliphatic carbocycles. The van der Waals surface area contributed by atoms with Gasteiger partial charge in [-0.15, -0.1) is 0 Å². The number of ether oxygens (including phenoxy) is 2. The first kappa shape index (κ1) is 15.4. The summed E-state index contributed by atoms with van der Waals surface area (Å²) in [6, 6.07) is 13.8. The molecule has 0 fully saturated rings. The molecule has 112 valence electrons. The van der Waals surface area contributed by atoms with E-state index in [0.29, 0.717) is 13.2 Å². The molecule has 0 heterocycles. The van der Waals surface area contributed by atoms with Crippen LogP contribution >= 0.6 is 0 Å². The average molecular weight is 285 g/mol. The predicted octanol–water partition coefficient (Wildman–Crippen LogP) is 3.78. The molecule has 0 saturated heterocycles. The van der Waals surface area contributed by atoms with E-state index in [2.05, 4.69) is 32.0 Å². The fourth-order valence-corrected chi connectivity index (χ4v) is 2.27. The van der Waals surface area contributed by atoms with E-state index in [-0.39, 0.29) is 6.04 Å². The second-order valence-corrected chi connectivity index (χ2v) is 5.16. The van der Waals surface area contributed by atoms with Crippen molar-refractivity contribution in [1.29, 1.82) is 0 Å². The van der Waals surface area contributed by atoms with Crippen LogP contribution in [0.4, 0.5) is 0 Å². The van der Waals surface area contributed by atoms with Crippen molar-refractivity contribution in [3.8, 4) is 11.5 Å². The summed E-state index contributed by atoms with van der Waals surface area (Å²) < 4.78 is 11.4. The molecule has 0 bridgehead atoms. The van der Waals surface area contributed by atoms with Gasteiger partial charge in [-0.25, -0.2) is 0 Å². The summed E-state index contributed by atoms with van der Waals surface area (Å²) in [4.78, 5) is 0. The number of para-hydroxylation sites is 2. The van der Waals surface area contributed by atoms with Gasteiger partial charge in [0.2, 0.25) is 0 Å². The van der Waals surface area contributed by atoms with E-state index in [9.17, 15) is 0 Å². The van der Waals surface area contributed by atoms with Crippen LogP contribution in [-0.2, 0) is 0 Å². The normalized spacial score (nSPS) is 12.0. The summed E-state index contributed by atoms with van der Waals surface area (Å²) in [6.45, 7) is 7.14. The predicted molar refractivity (Wildman–Crippen MR) is 86.0 cm³/mol. The first-order chi connectivity index (χ1) is 10.1. The molecule has 3 heteroatoms. The Balaban J connectivity index is 2.07. The Bertz CT molecular complexity index is 596. The van der Waals surface area contributed by atoms with E-state index in [1.807, 2.05) is 31.2 Å². The summed E-state index contributed by atoms with van der Waals surface area (Å²) in [6.07, 6.45) is 0. The van der Waals surface area contributed by atoms with Crippen LogP contribution in [-0.4, -0.2) is 13.2 Å². The summed E-state index contributed by atoms with van der Waals surface area (Å²) >= 11 is 0. The lowest BCUT2D eigenvalue weighted by Crippen LogP contribution is -2.20. The highest BCUT2D eigenvalue weighted by molar-refractivity contribution is 5.40. The second-order valence-electron chi connectivity index (χ2n) is 5.16. The minimum atomic E-state index is -0.153. The third kappa shape index (κ3) is 3.99. The van der Waals surface area contributed by atoms with Crippen molar-refractivity contribution in [2.75, 3.05) is 13.2 Å². The standard InChI is InChI=1S/C18H23NO2/c1-4-20-17-7-5-6-8-18(17)21-12-16(19)15-11-13(2)9-10-14(15)3/h5-11,16H,4,12,19H2,1-3H3. The van der Waals surface area contributed by atoms with Gasteiger partial charge in [0.1, 0.15) is 6.61 Å². The molecule has 0 amide bonds. The molecule has 1 atom stereocenters. The SMILES string of the molecule is CCOc1ccccc1OCC(N)c1cc(C)ccc1C. The topological polar surface area (TPSA) is 44.5 Å². The first-order valence-electron chi connectivity index (χ1n) is 7.29. The largest absolute Gasteiger partial charge is 0.490 e. The molecule has 0 spiro atoms. The van der Waals surface area contributed by atoms with Crippen molar-refractivity contribution in [2.24, 2.45) is 5.73 Å². The maximum Gasteiger partial charge on any atom is 0.161 e. The molecule has 0 aliphatic rings. The molecule has 21 heavy (non-hydrogen) atoms. The smallest absolute Gasteiger partial charge is 0.161 e. The highest BCUT2D eigenvalue weighted by Gasteiger charge is 2.12. The molecule has 1 unspecified atom stereocenters. The van der Waals surface area contributed by atoms with Gasteiger partial charge >= 0.3 is 0 Å². The van der Waals surface area contributed by atoms with Crippen molar-refractivity contribution in [1.82, 2.24) is 0 Å². The summed E-state index contributed by atoms with van der Waals surface area (Å²) in [7, 11) is 0. The van der Waals surface area contributed by atoms with Crippen LogP contribution in [0.25, 0.3) is 0 Å². The second kappa shape index (κ2) is 7.14. The van der Waals surface area contributed by atoms with E-state index >= 15 is 0 Å². The minimum Gasteiger partial charge on any atom is -0.490 e. The summed E-state index contributed by atoms with van der Waals surface area (Å²) in [5.74, 6) is 1.49. The van der Waals surface area contributed by atoms with E-state index in [4.69, 9.17) is 15.2 Å². The lowest BCUT2D eigenvalue weighted by atomic mass is 10.00. The van der Waals surface area contributed by atoms with Crippen LogP contribution < -0.4 is 15.2 Å². The maximum atomic E-state index is 6.27. The van der Waals surface area contributed by atoms with Gasteiger partial charge in [-0.3, -0.25) is 0 Å². The summed E-state index contributed by atoms with van der Waals surface area (Å²) in [5, 5.41) is 0. The minimum absolute atomic E-state index is 0.153. The van der Waals surface area contributed by atoms with Gasteiger partial charge < -0.3 is 15.2 Å². The summed E-state index contributed by atoms with van der Waals surface area (Å²) in [5.41, 5.74) is 9.80. The number of rotatable bonds is 6. The van der Waals surface area contributed by atoms with Crippen LogP contribution in [0.3, 0.4) is 0 Å². The van der Waals surface area contributed by atoms with E-state index in [0.717, 1.165) is 17.1 Å². The number of benzene rings is 2. The Kier molecular flexibility index (Phi) is 5.23. The van der Waals surface area contributed by atoms with Crippen molar-refractivity contribution in [2.45, 2.75) is 26.8 Å². The molecule has 3 nitrogen and oxygen atoms in total. The van der Waals surface area contributed by atoms with Gasteiger partial charge in [0, 0.05) is 0 Å². The molecule has 2 aromatic carbocycles. The Morgan fingerprint density at radius 3 is 2.33 bits per heavy atom. The zero-order valence-electron chi connectivity index (χ0n) is 12.9. The zero-order valence-corrected chi connectivity index (χ0v) is 12.9. The van der Waals surface area contributed by atoms with Crippen molar-refractivity contribution in [3.63, 3.8) is 0 Å². The van der Waals surface area contributed by atoms with E-state index in [1.54, 1.807) is 0 Å². The van der Waals surface area contributed by atoms with Gasteiger partial charge in [-0.2, -0.15) is 0 Å². The zero-order chi connectivity index (χ0) is 15.2. The monoisotopic (exact) mass is 285 g/mol. The Morgan fingerprint density at radius 2 is 1.67 bits per heavy atom. The van der Waals surface area contributed by atoms with Crippen LogP contribution in [0.5, 0.6) is 11.5 Å². The molecule has 2 aromatic rings. The van der Waals surface area contributed by atoms with Gasteiger partial charge in [-0.1, -0.05) is 35.9 Å². The Hall–Kier alpha value is -2.00. The lowest BCUT2D eigenvalue weighted by molar-refractivity contribution is 0.261. The molecule has 2 rings (SSSR count). The number of nitrogens with two attached hydrogens (primary N) is 1. The van der Waals surface area contributed by atoms with Crippen molar-refractivity contribution in [3.05, 3.63) is 59.2 Å². The Morgan fingerprint density at radius 1 is 1.00 bits per heavy atom. The molecular weight excluding hydrogens is 262 g/mol. The molecule has 0 saturated carbocycles. The van der Waals surface area contributed by atoms with Crippen LogP contribution in [0, 0.1) is 13.8 Å². The van der Waals surface area contributed by atoms with Gasteiger partial charge in [-0.05, 0) is 44.0 Å². The Labute approximate surface area is 126 Å². The van der Waals surface area contributed by atoms with Crippen LogP contribution in [0.15, 0.2) is 42.5 Å². The van der Waals surface area contributed by atoms with Crippen molar-refractivity contribution < 1.29 is 9.47 Å². The third-order valence-electron chi connectivity index (χ3n) is 3.40. The maximum absolute atomic E-state index is 6.27. The first-order valence-corrected chi connectivity index (χ1v) is 7.29. The van der Waals surface area contributed by atoms with Crippen molar-refractivity contribution >= 4 is 0 Å². The quantitative estimate of drug-likeness (QED) is 0.878. The number of hydrogen-bond donors (Lipinski definition) is 1. The molecule has 0 aromatic heterocycles. The number of aryl methyl sites for hydroxylation is 2. The van der Waals surface area contributed by atoms with Crippen LogP contribution in [0.1, 0.15) is 29.7 Å². The number of hydrogen-bond acceptors (Lipinski definition) is 3. The highest BCUT2D eigenvalue weighted by atomic mass is 16.5. The fourth-order valence-electron chi connectivity index (χ4n) is 2.27. The fraction of sp³-hybridized carbons (Fsp3) is 0.333. The lowest BCUT2D eigenvalue weighted by Gasteiger charge is -2.18.